The van der Waals surface area contributed by atoms with Crippen LogP contribution < -0.4 is 5.32 Å². The number of hydrogen-bond donors (Lipinski definition) is 1. The van der Waals surface area contributed by atoms with E-state index in [1.54, 1.807) is 29.1 Å². The molecule has 0 saturated carbocycles. The van der Waals surface area contributed by atoms with Crippen LogP contribution in [0.2, 0.25) is 4.34 Å². The van der Waals surface area contributed by atoms with Crippen LogP contribution in [0.25, 0.3) is 0 Å². The van der Waals surface area contributed by atoms with Crippen LogP contribution in [0.1, 0.15) is 40.8 Å². The van der Waals surface area contributed by atoms with E-state index in [0.29, 0.717) is 18.7 Å². The number of esters is 1. The highest BCUT2D eigenvalue weighted by molar-refractivity contribution is 7.16. The lowest BCUT2D eigenvalue weighted by Gasteiger charge is -2.13. The third-order valence-electron chi connectivity index (χ3n) is 3.15. The summed E-state index contributed by atoms with van der Waals surface area (Å²) in [4.78, 5) is 13.0. The van der Waals surface area contributed by atoms with Crippen LogP contribution in [0.5, 0.6) is 0 Å². The molecule has 21 heavy (non-hydrogen) atoms. The van der Waals surface area contributed by atoms with E-state index in [-0.39, 0.29) is 12.0 Å². The standard InChI is InChI=1S/C14H18ClN3O2S/c1-4-20-14(19)10-7-17-18(3)11(10)8-16-9(2)12-5-6-13(15)21-12/h5-7,9,16H,4,8H2,1-3H3. The van der Waals surface area contributed by atoms with Crippen LogP contribution in [0, 0.1) is 0 Å². The zero-order valence-electron chi connectivity index (χ0n) is 12.2. The van der Waals surface area contributed by atoms with Crippen LogP contribution in [0.4, 0.5) is 0 Å². The molecule has 0 aliphatic heterocycles. The molecule has 0 bridgehead atoms. The second-order valence-electron chi connectivity index (χ2n) is 4.59. The molecule has 0 fully saturated rings. The Morgan fingerprint density at radius 2 is 2.33 bits per heavy atom. The number of hydrogen-bond acceptors (Lipinski definition) is 5. The van der Waals surface area contributed by atoms with Crippen molar-refractivity contribution in [3.05, 3.63) is 38.8 Å². The van der Waals surface area contributed by atoms with Crippen LogP contribution in [0.15, 0.2) is 18.3 Å². The largest absolute Gasteiger partial charge is 0.462 e. The lowest BCUT2D eigenvalue weighted by molar-refractivity contribution is 0.0524. The summed E-state index contributed by atoms with van der Waals surface area (Å²) in [5, 5.41) is 7.51. The van der Waals surface area contributed by atoms with E-state index in [9.17, 15) is 4.79 Å². The fraction of sp³-hybridized carbons (Fsp3) is 0.429. The first-order valence-corrected chi connectivity index (χ1v) is 7.89. The van der Waals surface area contributed by atoms with Crippen molar-refractivity contribution in [2.75, 3.05) is 6.61 Å². The van der Waals surface area contributed by atoms with E-state index in [1.807, 2.05) is 19.2 Å². The third kappa shape index (κ3) is 3.84. The summed E-state index contributed by atoms with van der Waals surface area (Å²) in [7, 11) is 1.81. The fourth-order valence-corrected chi connectivity index (χ4v) is 3.05. The van der Waals surface area contributed by atoms with Gasteiger partial charge in [0.1, 0.15) is 5.56 Å². The van der Waals surface area contributed by atoms with Crippen molar-refractivity contribution in [2.24, 2.45) is 7.05 Å². The van der Waals surface area contributed by atoms with Crippen molar-refractivity contribution in [2.45, 2.75) is 26.4 Å². The Morgan fingerprint density at radius 1 is 1.57 bits per heavy atom. The molecule has 0 aliphatic rings. The summed E-state index contributed by atoms with van der Waals surface area (Å²) in [6, 6.07) is 4.03. The number of nitrogens with one attached hydrogen (secondary N) is 1. The van der Waals surface area contributed by atoms with Crippen LogP contribution in [0.3, 0.4) is 0 Å². The van der Waals surface area contributed by atoms with Crippen molar-refractivity contribution < 1.29 is 9.53 Å². The van der Waals surface area contributed by atoms with Gasteiger partial charge in [0.2, 0.25) is 0 Å². The minimum atomic E-state index is -0.339. The Balaban J connectivity index is 2.06. The number of aryl methyl sites for hydroxylation is 1. The quantitative estimate of drug-likeness (QED) is 0.828. The number of aromatic nitrogens is 2. The van der Waals surface area contributed by atoms with Crippen LogP contribution >= 0.6 is 22.9 Å². The molecule has 2 rings (SSSR count). The van der Waals surface area contributed by atoms with Gasteiger partial charge in [-0.05, 0) is 26.0 Å². The van der Waals surface area contributed by atoms with Crippen LogP contribution in [-0.4, -0.2) is 22.4 Å². The average molecular weight is 328 g/mol. The Morgan fingerprint density at radius 3 is 2.95 bits per heavy atom. The molecule has 0 radical (unpaired) electrons. The van der Waals surface area contributed by atoms with Crippen molar-refractivity contribution in [1.29, 1.82) is 0 Å². The summed E-state index contributed by atoms with van der Waals surface area (Å²) in [5.74, 6) is -0.339. The number of rotatable bonds is 6. The highest BCUT2D eigenvalue weighted by atomic mass is 35.5. The Bertz CT molecular complexity index is 624. The van der Waals surface area contributed by atoms with Crippen molar-refractivity contribution in [1.82, 2.24) is 15.1 Å². The van der Waals surface area contributed by atoms with Gasteiger partial charge in [-0.1, -0.05) is 11.6 Å². The highest BCUT2D eigenvalue weighted by Gasteiger charge is 2.18. The minimum Gasteiger partial charge on any atom is -0.462 e. The maximum Gasteiger partial charge on any atom is 0.341 e. The maximum absolute atomic E-state index is 11.9. The highest BCUT2D eigenvalue weighted by Crippen LogP contribution is 2.26. The SMILES string of the molecule is CCOC(=O)c1cnn(C)c1CNC(C)c1ccc(Cl)s1. The number of carbonyl (C=O) groups excluding carboxylic acids is 1. The molecule has 0 aromatic carbocycles. The second kappa shape index (κ2) is 7.06. The maximum atomic E-state index is 11.9. The molecular weight excluding hydrogens is 310 g/mol. The van der Waals surface area contributed by atoms with Crippen molar-refractivity contribution in [3.8, 4) is 0 Å². The number of halogens is 1. The third-order valence-corrected chi connectivity index (χ3v) is 4.57. The number of carbonyl (C=O) groups is 1. The van der Waals surface area contributed by atoms with E-state index in [4.69, 9.17) is 16.3 Å². The first-order chi connectivity index (χ1) is 10.0. The second-order valence-corrected chi connectivity index (χ2v) is 6.34. The summed E-state index contributed by atoms with van der Waals surface area (Å²) >= 11 is 7.49. The van der Waals surface area contributed by atoms with E-state index in [0.717, 1.165) is 14.9 Å². The number of nitrogens with zero attached hydrogens (tertiary/aromatic N) is 2. The Kier molecular flexibility index (Phi) is 5.39. The van der Waals surface area contributed by atoms with Crippen LogP contribution in [-0.2, 0) is 18.3 Å². The van der Waals surface area contributed by atoms with E-state index < -0.39 is 0 Å². The molecule has 1 N–H and O–H groups in total. The molecule has 7 heteroatoms. The van der Waals surface area contributed by atoms with E-state index in [1.165, 1.54) is 0 Å². The summed E-state index contributed by atoms with van der Waals surface area (Å²) < 4.78 is 7.50. The molecule has 2 heterocycles. The normalized spacial score (nSPS) is 12.4. The Hall–Kier alpha value is -1.37. The Labute approximate surface area is 132 Å². The van der Waals surface area contributed by atoms with Gasteiger partial charge in [-0.2, -0.15) is 5.10 Å². The van der Waals surface area contributed by atoms with E-state index in [2.05, 4.69) is 17.3 Å². The van der Waals surface area contributed by atoms with Gasteiger partial charge in [-0.25, -0.2) is 4.79 Å². The molecule has 0 spiro atoms. The average Bonchev–Trinajstić information content (AvgIpc) is 3.03. The van der Waals surface area contributed by atoms with Gasteiger partial charge in [-0.3, -0.25) is 4.68 Å². The first-order valence-electron chi connectivity index (χ1n) is 6.69. The molecule has 2 aromatic heterocycles. The molecule has 2 aromatic rings. The lowest BCUT2D eigenvalue weighted by Crippen LogP contribution is -2.21. The molecule has 5 nitrogen and oxygen atoms in total. The summed E-state index contributed by atoms with van der Waals surface area (Å²) in [5.41, 5.74) is 1.31. The lowest BCUT2D eigenvalue weighted by atomic mass is 10.2. The van der Waals surface area contributed by atoms with E-state index >= 15 is 0 Å². The minimum absolute atomic E-state index is 0.146. The summed E-state index contributed by atoms with van der Waals surface area (Å²) in [6.07, 6.45) is 1.54. The van der Waals surface area contributed by atoms with Gasteiger partial charge in [-0.15, -0.1) is 11.3 Å². The monoisotopic (exact) mass is 327 g/mol. The smallest absolute Gasteiger partial charge is 0.341 e. The van der Waals surface area contributed by atoms with Gasteiger partial charge >= 0.3 is 5.97 Å². The first kappa shape index (κ1) is 16.0. The molecule has 0 saturated heterocycles. The molecule has 1 atom stereocenters. The van der Waals surface area contributed by atoms with Crippen molar-refractivity contribution in [3.63, 3.8) is 0 Å². The number of ether oxygens (including phenoxy) is 1. The van der Waals surface area contributed by atoms with Gasteiger partial charge < -0.3 is 10.1 Å². The van der Waals surface area contributed by atoms with Crippen molar-refractivity contribution >= 4 is 28.9 Å². The molecule has 114 valence electrons. The van der Waals surface area contributed by atoms with Gasteiger partial charge in [0.15, 0.2) is 0 Å². The molecule has 1 unspecified atom stereocenters. The fourth-order valence-electron chi connectivity index (χ4n) is 1.96. The van der Waals surface area contributed by atoms with Gasteiger partial charge in [0.05, 0.1) is 22.8 Å². The molecule has 0 aliphatic carbocycles. The summed E-state index contributed by atoms with van der Waals surface area (Å²) in [6.45, 7) is 4.73. The predicted octanol–water partition coefficient (Wildman–Crippen LogP) is 3.16. The predicted molar refractivity (Wildman–Crippen MR) is 83.7 cm³/mol. The zero-order chi connectivity index (χ0) is 15.4. The molecular formula is C14H18ClN3O2S. The van der Waals surface area contributed by atoms with Gasteiger partial charge in [0, 0.05) is 24.5 Å². The van der Waals surface area contributed by atoms with Gasteiger partial charge in [0.25, 0.3) is 0 Å². The number of thiophene rings is 1. The topological polar surface area (TPSA) is 56.1 Å². The zero-order valence-corrected chi connectivity index (χ0v) is 13.8. The molecule has 0 amide bonds.